The maximum absolute atomic E-state index is 14.0. The van der Waals surface area contributed by atoms with E-state index < -0.39 is 17.8 Å². The minimum atomic E-state index is -0.738. The number of hydrogen-bond acceptors (Lipinski definition) is 5. The van der Waals surface area contributed by atoms with Crippen LogP contribution in [0.2, 0.25) is 0 Å². The van der Waals surface area contributed by atoms with Gasteiger partial charge in [0.1, 0.15) is 11.9 Å². The molecule has 0 aliphatic carbocycles. The van der Waals surface area contributed by atoms with Crippen LogP contribution in [0.3, 0.4) is 0 Å². The molecule has 0 saturated heterocycles. The van der Waals surface area contributed by atoms with E-state index in [0.29, 0.717) is 22.3 Å². The Labute approximate surface area is 159 Å². The van der Waals surface area contributed by atoms with Crippen LogP contribution in [-0.2, 0) is 4.79 Å². The number of anilines is 1. The van der Waals surface area contributed by atoms with E-state index in [1.807, 2.05) is 13.8 Å². The monoisotopic (exact) mass is 386 g/mol. The standard InChI is InChI=1S/C19H19FN4O2S/c1-11(2)9-16(18(26)24-19-22-7-8-27-19)23-17(25)13-3-4-15(20)12-5-6-21-10-14(12)13/h3-8,10-11,16H,9H2,1-2H3,(H,23,25)(H,22,24,26). The summed E-state index contributed by atoms with van der Waals surface area (Å²) < 4.78 is 14.0. The number of aromatic nitrogens is 2. The van der Waals surface area contributed by atoms with Crippen LogP contribution in [0.15, 0.2) is 42.2 Å². The summed E-state index contributed by atoms with van der Waals surface area (Å²) in [4.78, 5) is 33.4. The number of halogens is 1. The van der Waals surface area contributed by atoms with Gasteiger partial charge >= 0.3 is 0 Å². The van der Waals surface area contributed by atoms with Crippen molar-refractivity contribution in [2.45, 2.75) is 26.3 Å². The highest BCUT2D eigenvalue weighted by molar-refractivity contribution is 7.13. The number of amides is 2. The van der Waals surface area contributed by atoms with E-state index in [0.717, 1.165) is 0 Å². The fourth-order valence-corrected chi connectivity index (χ4v) is 3.30. The molecule has 2 N–H and O–H groups in total. The van der Waals surface area contributed by atoms with Gasteiger partial charge < -0.3 is 10.6 Å². The summed E-state index contributed by atoms with van der Waals surface area (Å²) in [6.45, 7) is 3.93. The zero-order chi connectivity index (χ0) is 19.4. The zero-order valence-corrected chi connectivity index (χ0v) is 15.7. The van der Waals surface area contributed by atoms with Gasteiger partial charge in [-0.1, -0.05) is 13.8 Å². The van der Waals surface area contributed by atoms with E-state index >= 15 is 0 Å². The molecule has 0 fully saturated rings. The summed E-state index contributed by atoms with van der Waals surface area (Å²) >= 11 is 1.30. The molecular weight excluding hydrogens is 367 g/mol. The molecule has 1 unspecified atom stereocenters. The number of pyridine rings is 1. The molecule has 3 rings (SSSR count). The molecule has 0 spiro atoms. The van der Waals surface area contributed by atoms with E-state index in [2.05, 4.69) is 20.6 Å². The van der Waals surface area contributed by atoms with Gasteiger partial charge in [-0.05, 0) is 30.5 Å². The van der Waals surface area contributed by atoms with Crippen LogP contribution >= 0.6 is 11.3 Å². The molecule has 6 nitrogen and oxygen atoms in total. The van der Waals surface area contributed by atoms with Crippen LogP contribution in [0.5, 0.6) is 0 Å². The number of nitrogens with one attached hydrogen (secondary N) is 2. The number of fused-ring (bicyclic) bond motifs is 1. The van der Waals surface area contributed by atoms with Crippen LogP contribution in [0.1, 0.15) is 30.6 Å². The average Bonchev–Trinajstić information content (AvgIpc) is 3.14. The summed E-state index contributed by atoms with van der Waals surface area (Å²) in [6.07, 6.45) is 4.96. The molecule has 27 heavy (non-hydrogen) atoms. The van der Waals surface area contributed by atoms with Gasteiger partial charge in [-0.15, -0.1) is 11.3 Å². The highest BCUT2D eigenvalue weighted by Gasteiger charge is 2.24. The largest absolute Gasteiger partial charge is 0.340 e. The minimum Gasteiger partial charge on any atom is -0.340 e. The van der Waals surface area contributed by atoms with Gasteiger partial charge in [0.15, 0.2) is 5.13 Å². The van der Waals surface area contributed by atoms with Gasteiger partial charge in [0.05, 0.1) is 0 Å². The normalized spacial score (nSPS) is 12.1. The Balaban J connectivity index is 1.84. The fourth-order valence-electron chi connectivity index (χ4n) is 2.77. The lowest BCUT2D eigenvalue weighted by molar-refractivity contribution is -0.118. The Morgan fingerprint density at radius 2 is 2.00 bits per heavy atom. The van der Waals surface area contributed by atoms with Crippen molar-refractivity contribution in [3.05, 3.63) is 53.6 Å². The second kappa shape index (κ2) is 8.22. The van der Waals surface area contributed by atoms with Gasteiger partial charge in [0.25, 0.3) is 5.91 Å². The Hall–Kier alpha value is -2.87. The Morgan fingerprint density at radius 3 is 2.70 bits per heavy atom. The van der Waals surface area contributed by atoms with Crippen molar-refractivity contribution >= 4 is 39.1 Å². The average molecular weight is 386 g/mol. The summed E-state index contributed by atoms with van der Waals surface area (Å²) in [7, 11) is 0. The second-order valence-electron chi connectivity index (χ2n) is 6.50. The molecule has 0 bridgehead atoms. The fraction of sp³-hybridized carbons (Fsp3) is 0.263. The maximum atomic E-state index is 14.0. The number of rotatable bonds is 6. The topological polar surface area (TPSA) is 84.0 Å². The summed E-state index contributed by atoms with van der Waals surface area (Å²) in [6, 6.07) is 3.42. The van der Waals surface area contributed by atoms with Crippen molar-refractivity contribution in [2.24, 2.45) is 5.92 Å². The van der Waals surface area contributed by atoms with Gasteiger partial charge in [0.2, 0.25) is 5.91 Å². The maximum Gasteiger partial charge on any atom is 0.252 e. The van der Waals surface area contributed by atoms with Crippen LogP contribution < -0.4 is 10.6 Å². The van der Waals surface area contributed by atoms with Gasteiger partial charge in [0, 0.05) is 40.3 Å². The van der Waals surface area contributed by atoms with Crippen molar-refractivity contribution in [3.63, 3.8) is 0 Å². The Bertz CT molecular complexity index is 960. The smallest absolute Gasteiger partial charge is 0.252 e. The molecule has 1 atom stereocenters. The molecule has 1 aromatic carbocycles. The predicted octanol–water partition coefficient (Wildman–Crippen LogP) is 3.61. The number of benzene rings is 1. The van der Waals surface area contributed by atoms with Crippen molar-refractivity contribution in [2.75, 3.05) is 5.32 Å². The second-order valence-corrected chi connectivity index (χ2v) is 7.39. The number of hydrogen-bond donors (Lipinski definition) is 2. The lowest BCUT2D eigenvalue weighted by Crippen LogP contribution is -2.44. The molecule has 0 radical (unpaired) electrons. The van der Waals surface area contributed by atoms with Crippen LogP contribution in [0, 0.1) is 11.7 Å². The van der Waals surface area contributed by atoms with E-state index in [9.17, 15) is 14.0 Å². The van der Waals surface area contributed by atoms with E-state index in [1.54, 1.807) is 11.6 Å². The third-order valence-electron chi connectivity index (χ3n) is 4.00. The molecule has 0 aliphatic rings. The number of nitrogens with zero attached hydrogens (tertiary/aromatic N) is 2. The molecule has 2 heterocycles. The molecule has 0 saturated carbocycles. The van der Waals surface area contributed by atoms with Crippen molar-refractivity contribution in [3.8, 4) is 0 Å². The first-order chi connectivity index (χ1) is 13.0. The number of thiazole rings is 1. The first kappa shape index (κ1) is 18.9. The van der Waals surface area contributed by atoms with E-state index in [1.165, 1.54) is 41.9 Å². The lowest BCUT2D eigenvalue weighted by Gasteiger charge is -2.20. The molecule has 2 aromatic heterocycles. The summed E-state index contributed by atoms with van der Waals surface area (Å²) in [5.41, 5.74) is 0.273. The van der Waals surface area contributed by atoms with Gasteiger partial charge in [-0.3, -0.25) is 14.6 Å². The third-order valence-corrected chi connectivity index (χ3v) is 4.69. The van der Waals surface area contributed by atoms with Gasteiger partial charge in [-0.2, -0.15) is 0 Å². The lowest BCUT2D eigenvalue weighted by atomic mass is 10.0. The highest BCUT2D eigenvalue weighted by Crippen LogP contribution is 2.21. The molecule has 3 aromatic rings. The molecule has 2 amide bonds. The summed E-state index contributed by atoms with van der Waals surface area (Å²) in [5, 5.41) is 8.41. The zero-order valence-electron chi connectivity index (χ0n) is 14.9. The number of carbonyl (C=O) groups is 2. The molecular formula is C19H19FN4O2S. The highest BCUT2D eigenvalue weighted by atomic mass is 32.1. The van der Waals surface area contributed by atoms with Crippen LogP contribution in [0.4, 0.5) is 9.52 Å². The van der Waals surface area contributed by atoms with Crippen LogP contribution in [-0.4, -0.2) is 27.8 Å². The first-order valence-corrected chi connectivity index (χ1v) is 9.37. The van der Waals surface area contributed by atoms with Crippen molar-refractivity contribution in [1.82, 2.24) is 15.3 Å². The van der Waals surface area contributed by atoms with E-state index in [-0.39, 0.29) is 17.4 Å². The minimum absolute atomic E-state index is 0.184. The summed E-state index contributed by atoms with van der Waals surface area (Å²) in [5.74, 6) is -1.03. The van der Waals surface area contributed by atoms with Crippen molar-refractivity contribution < 1.29 is 14.0 Å². The third kappa shape index (κ3) is 4.46. The molecule has 0 aliphatic heterocycles. The Kier molecular flexibility index (Phi) is 5.75. The number of carbonyl (C=O) groups excluding carboxylic acids is 2. The van der Waals surface area contributed by atoms with Crippen LogP contribution in [0.25, 0.3) is 10.8 Å². The molecule has 140 valence electrons. The molecule has 8 heteroatoms. The SMILES string of the molecule is CC(C)CC(NC(=O)c1ccc(F)c2ccncc12)C(=O)Nc1nccs1. The Morgan fingerprint density at radius 1 is 1.19 bits per heavy atom. The quantitative estimate of drug-likeness (QED) is 0.678. The van der Waals surface area contributed by atoms with Crippen molar-refractivity contribution in [1.29, 1.82) is 0 Å². The van der Waals surface area contributed by atoms with Gasteiger partial charge in [-0.25, -0.2) is 9.37 Å². The van der Waals surface area contributed by atoms with E-state index in [4.69, 9.17) is 0 Å². The first-order valence-electron chi connectivity index (χ1n) is 8.49. The predicted molar refractivity (Wildman–Crippen MR) is 103 cm³/mol.